The molecule has 2 amide bonds. The summed E-state index contributed by atoms with van der Waals surface area (Å²) >= 11 is 12.5. The normalized spacial score (nSPS) is 15.8. The van der Waals surface area contributed by atoms with Crippen molar-refractivity contribution < 1.29 is 9.59 Å². The maximum atomic E-state index is 12.8. The maximum absolute atomic E-state index is 12.8. The van der Waals surface area contributed by atoms with Gasteiger partial charge in [0.2, 0.25) is 0 Å². The van der Waals surface area contributed by atoms with Crippen molar-refractivity contribution in [3.8, 4) is 5.69 Å². The fourth-order valence-corrected chi connectivity index (χ4v) is 4.30. The Morgan fingerprint density at radius 2 is 1.91 bits per heavy atom. The summed E-state index contributed by atoms with van der Waals surface area (Å²) in [5, 5.41) is 8.06. The van der Waals surface area contributed by atoms with E-state index >= 15 is 0 Å². The number of carbonyl (C=O) groups is 2. The van der Waals surface area contributed by atoms with Crippen LogP contribution in [0.2, 0.25) is 10.0 Å². The molecule has 1 aliphatic heterocycles. The molecule has 11 heteroatoms. The summed E-state index contributed by atoms with van der Waals surface area (Å²) in [5.41, 5.74) is 7.22. The molecule has 1 aromatic carbocycles. The molecule has 4 rings (SSSR count). The quantitative estimate of drug-likeness (QED) is 0.552. The summed E-state index contributed by atoms with van der Waals surface area (Å²) in [6.07, 6.45) is 4.03. The van der Waals surface area contributed by atoms with Crippen LogP contribution in [0.1, 0.15) is 27.4 Å². The van der Waals surface area contributed by atoms with Crippen molar-refractivity contribution in [3.63, 3.8) is 0 Å². The Labute approximate surface area is 201 Å². The van der Waals surface area contributed by atoms with Crippen LogP contribution < -0.4 is 11.1 Å². The largest absolute Gasteiger partial charge is 0.364 e. The Bertz CT molecular complexity index is 1170. The number of hydrogen-bond donors (Lipinski definition) is 2. The van der Waals surface area contributed by atoms with Crippen LogP contribution in [0.5, 0.6) is 0 Å². The van der Waals surface area contributed by atoms with E-state index in [9.17, 15) is 9.59 Å². The van der Waals surface area contributed by atoms with Crippen molar-refractivity contribution in [1.29, 1.82) is 0 Å². The van der Waals surface area contributed by atoms with Crippen molar-refractivity contribution in [2.75, 3.05) is 32.5 Å². The number of benzene rings is 1. The van der Waals surface area contributed by atoms with E-state index in [2.05, 4.69) is 20.3 Å². The second kappa shape index (κ2) is 9.38. The van der Waals surface area contributed by atoms with Gasteiger partial charge in [0.25, 0.3) is 11.8 Å². The third-order valence-corrected chi connectivity index (χ3v) is 6.17. The van der Waals surface area contributed by atoms with Crippen LogP contribution in [0.3, 0.4) is 0 Å². The van der Waals surface area contributed by atoms with Crippen molar-refractivity contribution in [2.24, 2.45) is 5.73 Å². The number of likely N-dealkylation sites (tertiary alicyclic amines) is 1. The summed E-state index contributed by atoms with van der Waals surface area (Å²) in [6, 6.07) is 8.76. The first-order valence-electron chi connectivity index (χ1n) is 10.3. The molecular formula is C22H23Cl2N7O2. The van der Waals surface area contributed by atoms with E-state index in [-0.39, 0.29) is 11.6 Å². The van der Waals surface area contributed by atoms with E-state index in [4.69, 9.17) is 28.9 Å². The molecule has 0 radical (unpaired) electrons. The lowest BCUT2D eigenvalue weighted by molar-refractivity contribution is 0.0777. The molecule has 172 valence electrons. The molecule has 0 unspecified atom stereocenters. The lowest BCUT2D eigenvalue weighted by Gasteiger charge is -2.20. The fraction of sp³-hybridized carbons (Fsp3) is 0.273. The number of nitrogens with two attached hydrogens (primary N) is 1. The molecule has 1 aliphatic rings. The van der Waals surface area contributed by atoms with E-state index in [1.54, 1.807) is 36.5 Å². The molecule has 1 atom stereocenters. The second-order valence-corrected chi connectivity index (χ2v) is 8.80. The van der Waals surface area contributed by atoms with Crippen LogP contribution in [-0.2, 0) is 0 Å². The smallest absolute Gasteiger partial charge is 0.272 e. The minimum atomic E-state index is -0.719. The summed E-state index contributed by atoms with van der Waals surface area (Å²) in [5.74, 6) is -0.825. The number of hydrogen-bond acceptors (Lipinski definition) is 6. The number of amides is 2. The predicted octanol–water partition coefficient (Wildman–Crippen LogP) is 3.19. The Morgan fingerprint density at radius 3 is 2.48 bits per heavy atom. The molecule has 33 heavy (non-hydrogen) atoms. The number of nitrogens with zero attached hydrogens (tertiary/aromatic N) is 5. The zero-order valence-electron chi connectivity index (χ0n) is 18.1. The molecule has 1 fully saturated rings. The van der Waals surface area contributed by atoms with E-state index < -0.39 is 5.91 Å². The molecule has 0 spiro atoms. The lowest BCUT2D eigenvalue weighted by atomic mass is 10.2. The van der Waals surface area contributed by atoms with Crippen LogP contribution in [0.4, 0.5) is 11.4 Å². The average Bonchev–Trinajstić information content (AvgIpc) is 3.42. The first kappa shape index (κ1) is 23.0. The van der Waals surface area contributed by atoms with E-state index in [0.29, 0.717) is 51.9 Å². The fourth-order valence-electron chi connectivity index (χ4n) is 3.73. The van der Waals surface area contributed by atoms with Gasteiger partial charge in [-0.15, -0.1) is 0 Å². The van der Waals surface area contributed by atoms with Crippen molar-refractivity contribution in [2.45, 2.75) is 12.5 Å². The van der Waals surface area contributed by atoms with Gasteiger partial charge < -0.3 is 20.9 Å². The summed E-state index contributed by atoms with van der Waals surface area (Å²) < 4.78 is 1.40. The Balaban J connectivity index is 1.54. The molecule has 3 aromatic rings. The topological polar surface area (TPSA) is 109 Å². The highest BCUT2D eigenvalue weighted by Gasteiger charge is 2.28. The predicted molar refractivity (Wildman–Crippen MR) is 128 cm³/mol. The van der Waals surface area contributed by atoms with Crippen LogP contribution in [0.25, 0.3) is 5.69 Å². The molecule has 3 N–H and O–H groups in total. The average molecular weight is 488 g/mol. The Kier molecular flexibility index (Phi) is 6.55. The van der Waals surface area contributed by atoms with Crippen LogP contribution in [-0.4, -0.2) is 69.6 Å². The summed E-state index contributed by atoms with van der Waals surface area (Å²) in [7, 11) is 4.03. The Hall–Kier alpha value is -3.14. The summed E-state index contributed by atoms with van der Waals surface area (Å²) in [6.45, 7) is 1.38. The third kappa shape index (κ3) is 4.80. The van der Waals surface area contributed by atoms with Gasteiger partial charge in [0.1, 0.15) is 11.4 Å². The van der Waals surface area contributed by atoms with E-state index in [1.165, 1.54) is 10.9 Å². The van der Waals surface area contributed by atoms with Crippen LogP contribution >= 0.6 is 23.2 Å². The maximum Gasteiger partial charge on any atom is 0.272 e. The van der Waals surface area contributed by atoms with Gasteiger partial charge in [0.15, 0.2) is 5.69 Å². The number of likely N-dealkylation sites (N-methyl/N-ethyl adjacent to an activating group) is 1. The molecular weight excluding hydrogens is 465 g/mol. The van der Waals surface area contributed by atoms with Crippen LogP contribution in [0, 0.1) is 0 Å². The number of rotatable bonds is 6. The first-order valence-corrected chi connectivity index (χ1v) is 11.0. The number of para-hydroxylation sites is 1. The highest BCUT2D eigenvalue weighted by Crippen LogP contribution is 2.30. The second-order valence-electron chi connectivity index (χ2n) is 7.98. The highest BCUT2D eigenvalue weighted by atomic mass is 35.5. The van der Waals surface area contributed by atoms with Crippen LogP contribution in [0.15, 0.2) is 42.7 Å². The first-order chi connectivity index (χ1) is 15.7. The van der Waals surface area contributed by atoms with Gasteiger partial charge in [-0.25, -0.2) is 9.67 Å². The molecule has 9 nitrogen and oxygen atoms in total. The zero-order valence-corrected chi connectivity index (χ0v) is 19.6. The third-order valence-electron chi connectivity index (χ3n) is 5.56. The summed E-state index contributed by atoms with van der Waals surface area (Å²) in [4.78, 5) is 33.0. The van der Waals surface area contributed by atoms with E-state index in [0.717, 1.165) is 6.42 Å². The van der Waals surface area contributed by atoms with Crippen molar-refractivity contribution in [1.82, 2.24) is 24.6 Å². The van der Waals surface area contributed by atoms with Gasteiger partial charge in [0.05, 0.1) is 33.8 Å². The lowest BCUT2D eigenvalue weighted by Crippen LogP contribution is -2.34. The minimum absolute atomic E-state index is 0.0120. The number of primary amides is 1. The highest BCUT2D eigenvalue weighted by molar-refractivity contribution is 6.37. The van der Waals surface area contributed by atoms with Gasteiger partial charge >= 0.3 is 0 Å². The van der Waals surface area contributed by atoms with Gasteiger partial charge in [-0.2, -0.15) is 5.10 Å². The standard InChI is InChI=1S/C22H23Cl2N7O2/c1-29(2)14-8-9-30(11-14)22(33)17-7-6-13(10-26-17)27-18-12-31(28-19(18)21(25)32)20-15(23)4-3-5-16(20)24/h3-7,10,12,14,27H,8-9,11H2,1-2H3,(H2,25,32)/t14-/m0/s1. The Morgan fingerprint density at radius 1 is 1.18 bits per heavy atom. The molecule has 2 aromatic heterocycles. The minimum Gasteiger partial charge on any atom is -0.364 e. The number of nitrogens with one attached hydrogen (secondary N) is 1. The number of aromatic nitrogens is 3. The molecule has 3 heterocycles. The molecule has 1 saturated heterocycles. The number of carbonyl (C=O) groups excluding carboxylic acids is 2. The van der Waals surface area contributed by atoms with E-state index in [1.807, 2.05) is 19.0 Å². The van der Waals surface area contributed by atoms with Crippen molar-refractivity contribution >= 4 is 46.4 Å². The van der Waals surface area contributed by atoms with Gasteiger partial charge in [-0.05, 0) is 44.8 Å². The number of anilines is 2. The SMILES string of the molecule is CN(C)[C@H]1CCN(C(=O)c2ccc(Nc3cn(-c4c(Cl)cccc4Cl)nc3C(N)=O)cn2)C1. The number of pyridine rings is 1. The molecule has 0 bridgehead atoms. The zero-order chi connectivity index (χ0) is 23.7. The van der Waals surface area contributed by atoms with Gasteiger partial charge in [-0.1, -0.05) is 29.3 Å². The number of halogens is 2. The van der Waals surface area contributed by atoms with Gasteiger partial charge in [-0.3, -0.25) is 9.59 Å². The molecule has 0 aliphatic carbocycles. The van der Waals surface area contributed by atoms with Gasteiger partial charge in [0, 0.05) is 19.1 Å². The monoisotopic (exact) mass is 487 g/mol. The molecule has 0 saturated carbocycles. The van der Waals surface area contributed by atoms with Crippen molar-refractivity contribution in [3.05, 3.63) is 64.2 Å².